The lowest BCUT2D eigenvalue weighted by molar-refractivity contribution is -0.116. The summed E-state index contributed by atoms with van der Waals surface area (Å²) >= 11 is 2.96. The number of aromatic nitrogens is 5. The Morgan fingerprint density at radius 1 is 1.12 bits per heavy atom. The van der Waals surface area contributed by atoms with Crippen LogP contribution in [0.15, 0.2) is 59.8 Å². The van der Waals surface area contributed by atoms with Crippen molar-refractivity contribution < 1.29 is 9.53 Å². The molecular weight excluding hydrogens is 468 g/mol. The van der Waals surface area contributed by atoms with Crippen molar-refractivity contribution in [2.24, 2.45) is 0 Å². The molecule has 4 aromatic rings. The number of thiazole rings is 1. The summed E-state index contributed by atoms with van der Waals surface area (Å²) in [6.07, 6.45) is 4.38. The van der Waals surface area contributed by atoms with Crippen molar-refractivity contribution in [3.05, 3.63) is 70.7 Å². The van der Waals surface area contributed by atoms with Gasteiger partial charge in [-0.3, -0.25) is 9.69 Å². The minimum atomic E-state index is -0.0239. The predicted molar refractivity (Wildman–Crippen MR) is 133 cm³/mol. The van der Waals surface area contributed by atoms with Gasteiger partial charge in [-0.1, -0.05) is 42.1 Å². The van der Waals surface area contributed by atoms with E-state index in [0.29, 0.717) is 11.7 Å². The standard InChI is InChI=1S/C24H24N6O2S2/c1-32-19-13-11-18(12-14-19)30-24(26-27-28-30)33-16-22(31)29(15-17-7-3-2-4-8-17)23-25-20-9-5-6-10-21(20)34-23/h2-4,7-8,11-14H,5-6,9-10,15-16H2,1H3. The summed E-state index contributed by atoms with van der Waals surface area (Å²) in [6, 6.07) is 17.5. The van der Waals surface area contributed by atoms with Crippen molar-refractivity contribution in [1.29, 1.82) is 0 Å². The first-order valence-corrected chi connectivity index (χ1v) is 12.9. The number of tetrazole rings is 1. The Hall–Kier alpha value is -3.24. The second kappa shape index (κ2) is 10.4. The van der Waals surface area contributed by atoms with E-state index >= 15 is 0 Å². The zero-order valence-electron chi connectivity index (χ0n) is 18.8. The fourth-order valence-electron chi connectivity index (χ4n) is 3.84. The average Bonchev–Trinajstić information content (AvgIpc) is 3.53. The number of nitrogens with zero attached hydrogens (tertiary/aromatic N) is 6. The molecule has 2 heterocycles. The maximum Gasteiger partial charge on any atom is 0.239 e. The van der Waals surface area contributed by atoms with Crippen LogP contribution in [0.3, 0.4) is 0 Å². The second-order valence-corrected chi connectivity index (χ2v) is 9.90. The van der Waals surface area contributed by atoms with E-state index < -0.39 is 0 Å². The van der Waals surface area contributed by atoms with Crippen LogP contribution in [-0.4, -0.2) is 44.0 Å². The first kappa shape index (κ1) is 22.5. The van der Waals surface area contributed by atoms with E-state index in [9.17, 15) is 4.79 Å². The molecule has 5 rings (SSSR count). The van der Waals surface area contributed by atoms with Crippen LogP contribution in [0.1, 0.15) is 29.0 Å². The molecule has 1 aliphatic rings. The number of fused-ring (bicyclic) bond motifs is 1. The number of methoxy groups -OCH3 is 1. The number of thioether (sulfide) groups is 1. The van der Waals surface area contributed by atoms with E-state index in [1.165, 1.54) is 23.1 Å². The monoisotopic (exact) mass is 492 g/mol. The van der Waals surface area contributed by atoms with Crippen molar-refractivity contribution >= 4 is 34.1 Å². The van der Waals surface area contributed by atoms with Gasteiger partial charge in [0.25, 0.3) is 0 Å². The Bertz CT molecular complexity index is 1230. The van der Waals surface area contributed by atoms with Crippen LogP contribution in [0.25, 0.3) is 5.69 Å². The third kappa shape index (κ3) is 4.97. The predicted octanol–water partition coefficient (Wildman–Crippen LogP) is 4.33. The highest BCUT2D eigenvalue weighted by Crippen LogP contribution is 2.33. The number of rotatable bonds is 8. The normalized spacial score (nSPS) is 12.9. The van der Waals surface area contributed by atoms with Crippen molar-refractivity contribution in [3.63, 3.8) is 0 Å². The number of benzene rings is 2. The SMILES string of the molecule is COc1ccc(-n2nnnc2SCC(=O)N(Cc2ccccc2)c2nc3c(s2)CCCC3)cc1. The van der Waals surface area contributed by atoms with Gasteiger partial charge >= 0.3 is 0 Å². The maximum atomic E-state index is 13.5. The molecule has 8 nitrogen and oxygen atoms in total. The number of hydrogen-bond donors (Lipinski definition) is 0. The highest BCUT2D eigenvalue weighted by molar-refractivity contribution is 7.99. The summed E-state index contributed by atoms with van der Waals surface area (Å²) in [5.41, 5.74) is 3.01. The molecule has 0 unspecified atom stereocenters. The molecule has 0 saturated carbocycles. The van der Waals surface area contributed by atoms with Crippen LogP contribution in [0.4, 0.5) is 5.13 Å². The van der Waals surface area contributed by atoms with E-state index in [4.69, 9.17) is 9.72 Å². The minimum absolute atomic E-state index is 0.0239. The van der Waals surface area contributed by atoms with Crippen LogP contribution >= 0.6 is 23.1 Å². The van der Waals surface area contributed by atoms with E-state index in [2.05, 4.69) is 15.5 Å². The molecule has 0 fully saturated rings. The molecule has 2 aromatic carbocycles. The average molecular weight is 493 g/mol. The molecule has 0 bridgehead atoms. The van der Waals surface area contributed by atoms with Crippen molar-refractivity contribution in [2.45, 2.75) is 37.4 Å². The van der Waals surface area contributed by atoms with Gasteiger partial charge in [0, 0.05) is 4.88 Å². The number of ether oxygens (including phenoxy) is 1. The Kier molecular flexibility index (Phi) is 6.87. The van der Waals surface area contributed by atoms with Gasteiger partial charge in [-0.05, 0) is 65.9 Å². The van der Waals surface area contributed by atoms with Crippen LogP contribution in [0, 0.1) is 0 Å². The van der Waals surface area contributed by atoms with Gasteiger partial charge in [0.2, 0.25) is 11.1 Å². The quantitative estimate of drug-likeness (QED) is 0.338. The molecule has 0 saturated heterocycles. The molecule has 0 radical (unpaired) electrons. The molecular formula is C24H24N6O2S2. The summed E-state index contributed by atoms with van der Waals surface area (Å²) in [7, 11) is 1.62. The van der Waals surface area contributed by atoms with Gasteiger partial charge in [-0.15, -0.1) is 16.4 Å². The van der Waals surface area contributed by atoms with Crippen molar-refractivity contribution in [1.82, 2.24) is 25.2 Å². The maximum absolute atomic E-state index is 13.5. The second-order valence-electron chi connectivity index (χ2n) is 7.90. The number of carbonyl (C=O) groups excluding carboxylic acids is 1. The van der Waals surface area contributed by atoms with Gasteiger partial charge in [-0.2, -0.15) is 4.68 Å². The summed E-state index contributed by atoms with van der Waals surface area (Å²) < 4.78 is 6.85. The summed E-state index contributed by atoms with van der Waals surface area (Å²) in [5.74, 6) is 0.932. The van der Waals surface area contributed by atoms with Crippen LogP contribution in [-0.2, 0) is 24.2 Å². The molecule has 174 valence electrons. The zero-order valence-corrected chi connectivity index (χ0v) is 20.4. The molecule has 0 atom stereocenters. The third-order valence-electron chi connectivity index (χ3n) is 5.63. The Morgan fingerprint density at radius 2 is 1.91 bits per heavy atom. The van der Waals surface area contributed by atoms with Gasteiger partial charge < -0.3 is 4.74 Å². The Balaban J connectivity index is 1.35. The highest BCUT2D eigenvalue weighted by Gasteiger charge is 2.24. The van der Waals surface area contributed by atoms with Crippen LogP contribution in [0.2, 0.25) is 0 Å². The zero-order chi connectivity index (χ0) is 23.3. The lowest BCUT2D eigenvalue weighted by Gasteiger charge is -2.20. The summed E-state index contributed by atoms with van der Waals surface area (Å²) in [6.45, 7) is 0.482. The number of amides is 1. The van der Waals surface area contributed by atoms with E-state index in [1.54, 1.807) is 28.0 Å². The van der Waals surface area contributed by atoms with Gasteiger partial charge in [0.1, 0.15) is 5.75 Å². The van der Waals surface area contributed by atoms with Crippen LogP contribution < -0.4 is 9.64 Å². The van der Waals surface area contributed by atoms with Gasteiger partial charge in [-0.25, -0.2) is 4.98 Å². The Labute approximate surface area is 206 Å². The number of aryl methyl sites for hydroxylation is 2. The van der Waals surface area contributed by atoms with Crippen LogP contribution in [0.5, 0.6) is 5.75 Å². The van der Waals surface area contributed by atoms with Crippen molar-refractivity contribution in [2.75, 3.05) is 17.8 Å². The topological polar surface area (TPSA) is 86.0 Å². The summed E-state index contributed by atoms with van der Waals surface area (Å²) in [4.78, 5) is 21.4. The molecule has 0 aliphatic heterocycles. The minimum Gasteiger partial charge on any atom is -0.497 e. The third-order valence-corrected chi connectivity index (χ3v) is 7.72. The lowest BCUT2D eigenvalue weighted by Crippen LogP contribution is -2.32. The lowest BCUT2D eigenvalue weighted by atomic mass is 10.0. The number of anilines is 1. The molecule has 2 aromatic heterocycles. The first-order valence-electron chi connectivity index (χ1n) is 11.1. The highest BCUT2D eigenvalue weighted by atomic mass is 32.2. The number of hydrogen-bond acceptors (Lipinski definition) is 8. The fraction of sp³-hybridized carbons (Fsp3) is 0.292. The van der Waals surface area contributed by atoms with Crippen molar-refractivity contribution in [3.8, 4) is 11.4 Å². The summed E-state index contributed by atoms with van der Waals surface area (Å²) in [5, 5.41) is 13.4. The smallest absolute Gasteiger partial charge is 0.239 e. The molecule has 10 heteroatoms. The van der Waals surface area contributed by atoms with E-state index in [1.807, 2.05) is 54.6 Å². The van der Waals surface area contributed by atoms with E-state index in [0.717, 1.165) is 47.1 Å². The molecule has 0 N–H and O–H groups in total. The molecule has 0 spiro atoms. The fourth-order valence-corrected chi connectivity index (χ4v) is 5.77. The first-order chi connectivity index (χ1) is 16.7. The number of carbonyl (C=O) groups is 1. The van der Waals surface area contributed by atoms with E-state index in [-0.39, 0.29) is 11.7 Å². The largest absolute Gasteiger partial charge is 0.497 e. The molecule has 1 aliphatic carbocycles. The Morgan fingerprint density at radius 3 is 2.68 bits per heavy atom. The molecule has 34 heavy (non-hydrogen) atoms. The van der Waals surface area contributed by atoms with Gasteiger partial charge in [0.05, 0.1) is 30.8 Å². The van der Waals surface area contributed by atoms with Gasteiger partial charge in [0.15, 0.2) is 5.13 Å². The molecule has 1 amide bonds.